The molecule has 1 saturated heterocycles. The third-order valence-electron chi connectivity index (χ3n) is 7.93. The number of fused-ring (bicyclic) bond motifs is 3. The molecule has 0 spiro atoms. The number of carboxylic acids is 1. The quantitative estimate of drug-likeness (QED) is 0.672. The van der Waals surface area contributed by atoms with Crippen LogP contribution in [0.1, 0.15) is 49.7 Å². The van der Waals surface area contributed by atoms with Gasteiger partial charge in [-0.25, -0.2) is 4.79 Å². The highest BCUT2D eigenvalue weighted by Crippen LogP contribution is 2.44. The fourth-order valence-electron chi connectivity index (χ4n) is 6.08. The van der Waals surface area contributed by atoms with Gasteiger partial charge in [-0.2, -0.15) is 0 Å². The number of rotatable bonds is 5. The van der Waals surface area contributed by atoms with Crippen LogP contribution in [0.3, 0.4) is 0 Å². The summed E-state index contributed by atoms with van der Waals surface area (Å²) >= 11 is 0. The van der Waals surface area contributed by atoms with Crippen LogP contribution in [0.25, 0.3) is 11.1 Å². The van der Waals surface area contributed by atoms with Crippen LogP contribution >= 0.6 is 0 Å². The minimum atomic E-state index is -0.841. The first-order chi connectivity index (χ1) is 16.9. The van der Waals surface area contributed by atoms with E-state index in [-0.39, 0.29) is 42.9 Å². The Hall–Kier alpha value is -3.35. The number of carboxylic acid groups (broad SMARTS) is 1. The highest BCUT2D eigenvalue weighted by Gasteiger charge is 2.40. The monoisotopic (exact) mass is 476 g/mol. The van der Waals surface area contributed by atoms with E-state index in [9.17, 15) is 19.5 Å². The van der Waals surface area contributed by atoms with E-state index < -0.39 is 18.0 Å². The molecule has 2 aromatic carbocycles. The molecule has 0 aromatic heterocycles. The standard InChI is InChI=1S/C28H32N2O5/c1-17-14-30(15-24(17)27(32)33)26(31)18-7-6-8-19(13-18)29-28(34)35-16-25-22-11-4-2-9-20(22)21-10-3-5-12-23(21)25/h2-5,9-12,17-19,24-25H,6-8,13-16H2,1H3,(H,29,34)(H,32,33)/t17?,18-,19+,24?/m0/s1. The SMILES string of the molecule is CC1CN(C(=O)[C@H]2CCC[C@@H](NC(=O)OCC3c4ccccc4-c4ccccc43)C2)CC1C(=O)O. The number of carbonyl (C=O) groups is 3. The Morgan fingerprint density at radius 3 is 2.29 bits per heavy atom. The van der Waals surface area contributed by atoms with Crippen LogP contribution in [0.15, 0.2) is 48.5 Å². The lowest BCUT2D eigenvalue weighted by atomic mass is 9.85. The van der Waals surface area contributed by atoms with Crippen LogP contribution in [-0.4, -0.2) is 53.7 Å². The van der Waals surface area contributed by atoms with Gasteiger partial charge in [0, 0.05) is 31.0 Å². The van der Waals surface area contributed by atoms with E-state index in [4.69, 9.17) is 4.74 Å². The summed E-state index contributed by atoms with van der Waals surface area (Å²) in [5, 5.41) is 12.3. The molecule has 5 rings (SSSR count). The number of alkyl carbamates (subject to hydrolysis) is 1. The predicted molar refractivity (Wildman–Crippen MR) is 131 cm³/mol. The lowest BCUT2D eigenvalue weighted by Crippen LogP contribution is -2.43. The molecule has 1 heterocycles. The van der Waals surface area contributed by atoms with Crippen LogP contribution in [0, 0.1) is 17.8 Å². The molecule has 3 aliphatic rings. The second-order valence-electron chi connectivity index (χ2n) is 10.2. The molecule has 4 atom stereocenters. The number of likely N-dealkylation sites (tertiary alicyclic amines) is 1. The molecule has 2 amide bonds. The second-order valence-corrected chi connectivity index (χ2v) is 10.2. The smallest absolute Gasteiger partial charge is 0.407 e. The molecular weight excluding hydrogens is 444 g/mol. The Morgan fingerprint density at radius 2 is 1.66 bits per heavy atom. The van der Waals surface area contributed by atoms with Crippen LogP contribution in [0.5, 0.6) is 0 Å². The van der Waals surface area contributed by atoms with Crippen molar-refractivity contribution in [2.24, 2.45) is 17.8 Å². The van der Waals surface area contributed by atoms with Crippen molar-refractivity contribution in [2.45, 2.75) is 44.6 Å². The van der Waals surface area contributed by atoms with Gasteiger partial charge >= 0.3 is 12.1 Å². The Kier molecular flexibility index (Phi) is 6.50. The lowest BCUT2D eigenvalue weighted by molar-refractivity contribution is -0.142. The minimum absolute atomic E-state index is 0.00756. The maximum atomic E-state index is 13.1. The molecule has 7 nitrogen and oxygen atoms in total. The number of amides is 2. The zero-order valence-corrected chi connectivity index (χ0v) is 20.0. The Labute approximate surface area is 205 Å². The van der Waals surface area contributed by atoms with Crippen molar-refractivity contribution < 1.29 is 24.2 Å². The molecule has 7 heteroatoms. The first kappa shape index (κ1) is 23.4. The van der Waals surface area contributed by atoms with Crippen LogP contribution < -0.4 is 5.32 Å². The number of nitrogens with one attached hydrogen (secondary N) is 1. The maximum absolute atomic E-state index is 13.1. The van der Waals surface area contributed by atoms with Crippen molar-refractivity contribution in [2.75, 3.05) is 19.7 Å². The number of aliphatic carboxylic acids is 1. The number of ether oxygens (including phenoxy) is 1. The van der Waals surface area contributed by atoms with E-state index in [0.717, 1.165) is 19.3 Å². The molecule has 184 valence electrons. The van der Waals surface area contributed by atoms with Crippen molar-refractivity contribution in [1.82, 2.24) is 10.2 Å². The van der Waals surface area contributed by atoms with E-state index in [1.165, 1.54) is 22.3 Å². The highest BCUT2D eigenvalue weighted by atomic mass is 16.5. The van der Waals surface area contributed by atoms with Gasteiger partial charge in [0.1, 0.15) is 6.61 Å². The summed E-state index contributed by atoms with van der Waals surface area (Å²) in [6, 6.07) is 16.3. The number of hydrogen-bond acceptors (Lipinski definition) is 4. The van der Waals surface area contributed by atoms with E-state index in [2.05, 4.69) is 29.6 Å². The molecule has 0 bridgehead atoms. The van der Waals surface area contributed by atoms with Gasteiger partial charge in [-0.05, 0) is 47.4 Å². The molecule has 2 unspecified atom stereocenters. The van der Waals surface area contributed by atoms with Gasteiger partial charge in [-0.3, -0.25) is 9.59 Å². The topological polar surface area (TPSA) is 95.9 Å². The van der Waals surface area contributed by atoms with E-state index >= 15 is 0 Å². The van der Waals surface area contributed by atoms with E-state index in [1.807, 2.05) is 31.2 Å². The van der Waals surface area contributed by atoms with Gasteiger partial charge in [-0.15, -0.1) is 0 Å². The summed E-state index contributed by atoms with van der Waals surface area (Å²) in [6.07, 6.45) is 2.53. The summed E-state index contributed by atoms with van der Waals surface area (Å²) in [4.78, 5) is 38.9. The van der Waals surface area contributed by atoms with Gasteiger partial charge in [0.15, 0.2) is 0 Å². The third kappa shape index (κ3) is 4.64. The highest BCUT2D eigenvalue weighted by molar-refractivity contribution is 5.81. The molecule has 2 aromatic rings. The van der Waals surface area contributed by atoms with Crippen molar-refractivity contribution in [3.05, 3.63) is 59.7 Å². The first-order valence-corrected chi connectivity index (χ1v) is 12.6. The molecule has 1 aliphatic heterocycles. The first-order valence-electron chi connectivity index (χ1n) is 12.6. The van der Waals surface area contributed by atoms with Crippen molar-refractivity contribution in [1.29, 1.82) is 0 Å². The maximum Gasteiger partial charge on any atom is 0.407 e. The van der Waals surface area contributed by atoms with Gasteiger partial charge < -0.3 is 20.1 Å². The molecule has 0 radical (unpaired) electrons. The number of hydrogen-bond donors (Lipinski definition) is 2. The Bertz CT molecular complexity index is 1090. The molecule has 2 N–H and O–H groups in total. The lowest BCUT2D eigenvalue weighted by Gasteiger charge is -2.31. The molecule has 35 heavy (non-hydrogen) atoms. The van der Waals surface area contributed by atoms with Crippen molar-refractivity contribution in [3.63, 3.8) is 0 Å². The average Bonchev–Trinajstić information content (AvgIpc) is 3.41. The van der Waals surface area contributed by atoms with Gasteiger partial charge in [-0.1, -0.05) is 61.9 Å². The van der Waals surface area contributed by atoms with Gasteiger partial charge in [0.25, 0.3) is 0 Å². The number of carbonyl (C=O) groups excluding carboxylic acids is 2. The number of benzene rings is 2. The second kappa shape index (κ2) is 9.72. The predicted octanol–water partition coefficient (Wildman–Crippen LogP) is 4.26. The summed E-state index contributed by atoms with van der Waals surface area (Å²) < 4.78 is 5.68. The molecule has 1 saturated carbocycles. The van der Waals surface area contributed by atoms with Gasteiger partial charge in [0.05, 0.1) is 5.92 Å². The normalized spacial score (nSPS) is 25.6. The van der Waals surface area contributed by atoms with Gasteiger partial charge in [0.2, 0.25) is 5.91 Å². The average molecular weight is 477 g/mol. The minimum Gasteiger partial charge on any atom is -0.481 e. The summed E-state index contributed by atoms with van der Waals surface area (Å²) in [5.41, 5.74) is 4.72. The molecular formula is C28H32N2O5. The van der Waals surface area contributed by atoms with E-state index in [1.54, 1.807) is 4.90 Å². The fourth-order valence-corrected chi connectivity index (χ4v) is 6.08. The number of nitrogens with zero attached hydrogens (tertiary/aromatic N) is 1. The van der Waals surface area contributed by atoms with Crippen LogP contribution in [-0.2, 0) is 14.3 Å². The summed E-state index contributed by atoms with van der Waals surface area (Å²) in [7, 11) is 0. The molecule has 2 aliphatic carbocycles. The zero-order chi connectivity index (χ0) is 24.5. The van der Waals surface area contributed by atoms with E-state index in [0.29, 0.717) is 13.0 Å². The third-order valence-corrected chi connectivity index (χ3v) is 7.93. The van der Waals surface area contributed by atoms with Crippen molar-refractivity contribution in [3.8, 4) is 11.1 Å². The zero-order valence-electron chi connectivity index (χ0n) is 20.0. The summed E-state index contributed by atoms with van der Waals surface area (Å²) in [5.74, 6) is -1.56. The largest absolute Gasteiger partial charge is 0.481 e. The van der Waals surface area contributed by atoms with Crippen molar-refractivity contribution >= 4 is 18.0 Å². The fraction of sp³-hybridized carbons (Fsp3) is 0.464. The Morgan fingerprint density at radius 1 is 1.00 bits per heavy atom. The Balaban J connectivity index is 1.16. The summed E-state index contributed by atoms with van der Waals surface area (Å²) in [6.45, 7) is 2.90. The van der Waals surface area contributed by atoms with Crippen LogP contribution in [0.2, 0.25) is 0 Å². The van der Waals surface area contributed by atoms with Crippen LogP contribution in [0.4, 0.5) is 4.79 Å². The molecule has 2 fully saturated rings.